The number of carbonyl (C=O) groups is 1. The lowest BCUT2D eigenvalue weighted by Gasteiger charge is -2.28. The number of guanidine groups is 1. The molecule has 0 spiro atoms. The second-order valence-corrected chi connectivity index (χ2v) is 11.4. The lowest BCUT2D eigenvalue weighted by atomic mass is 10.0. The maximum Gasteiger partial charge on any atom is 0.407 e. The third-order valence-corrected chi connectivity index (χ3v) is 6.64. The summed E-state index contributed by atoms with van der Waals surface area (Å²) >= 11 is 0. The zero-order valence-electron chi connectivity index (χ0n) is 19.1. The van der Waals surface area contributed by atoms with Gasteiger partial charge < -0.3 is 20.3 Å². The second kappa shape index (κ2) is 11.0. The summed E-state index contributed by atoms with van der Waals surface area (Å²) in [5.41, 5.74) is -0.527. The number of hydrogen-bond acceptors (Lipinski definition) is 5. The SMILES string of the molecule is CCNC(=NCC1CCS(=O)(=O)C1)N(C)CCC(NC(=O)OC(C)(C)C)C(C)C. The number of alkyl carbamates (subject to hydrolysis) is 1. The molecule has 2 unspecified atom stereocenters. The predicted octanol–water partition coefficient (Wildman–Crippen LogP) is 2.26. The Morgan fingerprint density at radius 2 is 1.97 bits per heavy atom. The van der Waals surface area contributed by atoms with Crippen molar-refractivity contribution in [1.29, 1.82) is 0 Å². The van der Waals surface area contributed by atoms with Crippen molar-refractivity contribution in [3.63, 3.8) is 0 Å². The highest BCUT2D eigenvalue weighted by atomic mass is 32.2. The molecular weight excluding hydrogens is 392 g/mol. The number of sulfone groups is 1. The molecule has 0 saturated carbocycles. The fourth-order valence-electron chi connectivity index (χ4n) is 3.17. The van der Waals surface area contributed by atoms with Crippen molar-refractivity contribution >= 4 is 21.9 Å². The first-order chi connectivity index (χ1) is 13.3. The van der Waals surface area contributed by atoms with E-state index in [-0.39, 0.29) is 29.4 Å². The Balaban J connectivity index is 2.64. The van der Waals surface area contributed by atoms with Gasteiger partial charge in [0, 0.05) is 32.7 Å². The van der Waals surface area contributed by atoms with E-state index in [0.717, 1.165) is 18.9 Å². The molecule has 1 fully saturated rings. The number of ether oxygens (including phenoxy) is 1. The molecule has 0 bridgehead atoms. The Labute approximate surface area is 176 Å². The van der Waals surface area contributed by atoms with Crippen LogP contribution in [0, 0.1) is 11.8 Å². The maximum atomic E-state index is 12.1. The van der Waals surface area contributed by atoms with E-state index in [1.165, 1.54) is 0 Å². The summed E-state index contributed by atoms with van der Waals surface area (Å²) in [6, 6.07) is -0.0184. The first-order valence-corrected chi connectivity index (χ1v) is 12.3. The Bertz CT molecular complexity index is 656. The molecule has 2 N–H and O–H groups in total. The first kappa shape index (κ1) is 25.5. The zero-order chi connectivity index (χ0) is 22.2. The number of carbonyl (C=O) groups excluding carboxylic acids is 1. The Morgan fingerprint density at radius 3 is 2.45 bits per heavy atom. The average Bonchev–Trinajstić information content (AvgIpc) is 2.92. The largest absolute Gasteiger partial charge is 0.444 e. The summed E-state index contributed by atoms with van der Waals surface area (Å²) in [6.45, 7) is 13.6. The standard InChI is InChI=1S/C20H40N4O4S/c1-8-21-18(22-13-16-10-12-29(26,27)14-16)24(7)11-9-17(15(2)3)23-19(25)28-20(4,5)6/h15-17H,8-14H2,1-7H3,(H,21,22)(H,23,25). The van der Waals surface area contributed by atoms with Crippen LogP contribution in [0.2, 0.25) is 0 Å². The topological polar surface area (TPSA) is 100 Å². The highest BCUT2D eigenvalue weighted by Crippen LogP contribution is 2.18. The van der Waals surface area contributed by atoms with E-state index in [1.807, 2.05) is 39.6 Å². The number of rotatable bonds is 8. The van der Waals surface area contributed by atoms with Crippen LogP contribution < -0.4 is 10.6 Å². The van der Waals surface area contributed by atoms with Crippen LogP contribution in [0.1, 0.15) is 54.4 Å². The van der Waals surface area contributed by atoms with Gasteiger partial charge in [-0.2, -0.15) is 0 Å². The van der Waals surface area contributed by atoms with Crippen LogP contribution in [-0.2, 0) is 14.6 Å². The Hall–Kier alpha value is -1.51. The van der Waals surface area contributed by atoms with E-state index in [2.05, 4.69) is 29.5 Å². The quantitative estimate of drug-likeness (QED) is 0.451. The van der Waals surface area contributed by atoms with Crippen LogP contribution >= 0.6 is 0 Å². The van der Waals surface area contributed by atoms with Crippen molar-refractivity contribution in [3.8, 4) is 0 Å². The highest BCUT2D eigenvalue weighted by Gasteiger charge is 2.28. The molecule has 0 aromatic rings. The molecule has 0 aromatic carbocycles. The van der Waals surface area contributed by atoms with Crippen molar-refractivity contribution in [2.75, 3.05) is 38.2 Å². The van der Waals surface area contributed by atoms with Gasteiger partial charge in [0.15, 0.2) is 15.8 Å². The molecule has 0 aromatic heterocycles. The van der Waals surface area contributed by atoms with Gasteiger partial charge in [-0.15, -0.1) is 0 Å². The molecule has 9 heteroatoms. The third-order valence-electron chi connectivity index (χ3n) is 4.80. The molecular formula is C20H40N4O4S. The van der Waals surface area contributed by atoms with Gasteiger partial charge >= 0.3 is 6.09 Å². The molecule has 29 heavy (non-hydrogen) atoms. The number of hydrogen-bond donors (Lipinski definition) is 2. The van der Waals surface area contributed by atoms with Gasteiger partial charge in [-0.05, 0) is 52.4 Å². The van der Waals surface area contributed by atoms with Crippen LogP contribution in [0.15, 0.2) is 4.99 Å². The van der Waals surface area contributed by atoms with E-state index < -0.39 is 21.5 Å². The normalized spacial score (nSPS) is 20.4. The van der Waals surface area contributed by atoms with Crippen LogP contribution in [0.25, 0.3) is 0 Å². The van der Waals surface area contributed by atoms with E-state index in [0.29, 0.717) is 19.5 Å². The number of nitrogens with one attached hydrogen (secondary N) is 2. The van der Waals surface area contributed by atoms with Crippen LogP contribution in [0.3, 0.4) is 0 Å². The van der Waals surface area contributed by atoms with Gasteiger partial charge in [0.05, 0.1) is 11.5 Å². The molecule has 0 radical (unpaired) electrons. The lowest BCUT2D eigenvalue weighted by Crippen LogP contribution is -2.45. The van der Waals surface area contributed by atoms with Gasteiger partial charge in [-0.25, -0.2) is 13.2 Å². The minimum Gasteiger partial charge on any atom is -0.444 e. The zero-order valence-corrected chi connectivity index (χ0v) is 19.9. The minimum absolute atomic E-state index is 0.0184. The fraction of sp³-hybridized carbons (Fsp3) is 0.900. The first-order valence-electron chi connectivity index (χ1n) is 10.5. The molecule has 0 aliphatic carbocycles. The van der Waals surface area contributed by atoms with Crippen LogP contribution in [0.5, 0.6) is 0 Å². The molecule has 1 heterocycles. The Morgan fingerprint density at radius 1 is 1.31 bits per heavy atom. The highest BCUT2D eigenvalue weighted by molar-refractivity contribution is 7.91. The summed E-state index contributed by atoms with van der Waals surface area (Å²) < 4.78 is 28.7. The summed E-state index contributed by atoms with van der Waals surface area (Å²) in [5.74, 6) is 1.62. The number of amides is 1. The summed E-state index contributed by atoms with van der Waals surface area (Å²) in [5, 5.41) is 6.24. The summed E-state index contributed by atoms with van der Waals surface area (Å²) in [4.78, 5) is 18.8. The Kier molecular flexibility index (Phi) is 9.71. The van der Waals surface area contributed by atoms with Gasteiger partial charge in [0.2, 0.25) is 0 Å². The van der Waals surface area contributed by atoms with E-state index >= 15 is 0 Å². The number of aliphatic imine (C=N–C) groups is 1. The predicted molar refractivity (Wildman–Crippen MR) is 118 cm³/mol. The van der Waals surface area contributed by atoms with Gasteiger partial charge in [0.1, 0.15) is 5.60 Å². The summed E-state index contributed by atoms with van der Waals surface area (Å²) in [7, 11) is -0.931. The summed E-state index contributed by atoms with van der Waals surface area (Å²) in [6.07, 6.45) is 1.03. The van der Waals surface area contributed by atoms with Gasteiger partial charge in [-0.3, -0.25) is 4.99 Å². The monoisotopic (exact) mass is 432 g/mol. The van der Waals surface area contributed by atoms with Gasteiger partial charge in [-0.1, -0.05) is 13.8 Å². The lowest BCUT2D eigenvalue weighted by molar-refractivity contribution is 0.0485. The van der Waals surface area contributed by atoms with E-state index in [9.17, 15) is 13.2 Å². The molecule has 2 atom stereocenters. The maximum absolute atomic E-state index is 12.1. The molecule has 1 rings (SSSR count). The molecule has 1 aliphatic rings. The molecule has 1 amide bonds. The van der Waals surface area contributed by atoms with Crippen molar-refractivity contribution in [1.82, 2.24) is 15.5 Å². The van der Waals surface area contributed by atoms with Crippen molar-refractivity contribution in [2.24, 2.45) is 16.8 Å². The third kappa shape index (κ3) is 10.2. The van der Waals surface area contributed by atoms with Gasteiger partial charge in [0.25, 0.3) is 0 Å². The fourth-order valence-corrected chi connectivity index (χ4v) is 5.02. The number of nitrogens with zero attached hydrogens (tertiary/aromatic N) is 2. The molecule has 1 aliphatic heterocycles. The van der Waals surface area contributed by atoms with Crippen molar-refractivity contribution in [3.05, 3.63) is 0 Å². The minimum atomic E-state index is -2.89. The molecule has 1 saturated heterocycles. The van der Waals surface area contributed by atoms with E-state index in [4.69, 9.17) is 4.74 Å². The van der Waals surface area contributed by atoms with Crippen molar-refractivity contribution in [2.45, 2.75) is 66.0 Å². The molecule has 8 nitrogen and oxygen atoms in total. The second-order valence-electron chi connectivity index (χ2n) is 9.17. The average molecular weight is 433 g/mol. The molecule has 170 valence electrons. The van der Waals surface area contributed by atoms with Crippen LogP contribution in [-0.4, -0.2) is 75.2 Å². The van der Waals surface area contributed by atoms with Crippen LogP contribution in [0.4, 0.5) is 4.79 Å². The smallest absolute Gasteiger partial charge is 0.407 e. The van der Waals surface area contributed by atoms with Crippen molar-refractivity contribution < 1.29 is 17.9 Å². The van der Waals surface area contributed by atoms with E-state index in [1.54, 1.807) is 0 Å².